The highest BCUT2D eigenvalue weighted by atomic mass is 19.1. The summed E-state index contributed by atoms with van der Waals surface area (Å²) in [5.74, 6) is 0.0831. The number of nitrogens with two attached hydrogens (primary N) is 2. The Bertz CT molecular complexity index is 325. The number of rotatable bonds is 4. The molecule has 0 aliphatic rings. The first kappa shape index (κ1) is 12.1. The van der Waals surface area contributed by atoms with Gasteiger partial charge in [0.15, 0.2) is 0 Å². The van der Waals surface area contributed by atoms with Gasteiger partial charge >= 0.3 is 0 Å². The lowest BCUT2D eigenvalue weighted by atomic mass is 9.95. The fourth-order valence-electron chi connectivity index (χ4n) is 1.51. The standard InChI is InChI=1S/C12H19FN2/c1-8(6-14)10-3-4-11(9(2)7-15)12(13)5-10/h3-5,8-9H,6-7,14-15H2,1-2H3. The van der Waals surface area contributed by atoms with Crippen molar-refractivity contribution in [1.82, 2.24) is 0 Å². The molecule has 4 N–H and O–H groups in total. The van der Waals surface area contributed by atoms with Crippen LogP contribution in [0.15, 0.2) is 18.2 Å². The zero-order chi connectivity index (χ0) is 11.4. The summed E-state index contributed by atoms with van der Waals surface area (Å²) in [4.78, 5) is 0. The molecule has 0 aliphatic heterocycles. The van der Waals surface area contributed by atoms with E-state index in [1.54, 1.807) is 6.07 Å². The van der Waals surface area contributed by atoms with Gasteiger partial charge in [0.05, 0.1) is 0 Å². The highest BCUT2D eigenvalue weighted by Crippen LogP contribution is 2.22. The van der Waals surface area contributed by atoms with Crippen molar-refractivity contribution >= 4 is 0 Å². The third kappa shape index (κ3) is 2.76. The molecule has 1 aromatic rings. The predicted octanol–water partition coefficient (Wildman–Crippen LogP) is 1.95. The van der Waals surface area contributed by atoms with E-state index in [9.17, 15) is 4.39 Å². The maximum absolute atomic E-state index is 13.7. The van der Waals surface area contributed by atoms with Gasteiger partial charge in [-0.05, 0) is 42.1 Å². The molecule has 0 bridgehead atoms. The third-order valence-electron chi connectivity index (χ3n) is 2.83. The molecule has 2 atom stereocenters. The first-order valence-electron chi connectivity index (χ1n) is 5.29. The fraction of sp³-hybridized carbons (Fsp3) is 0.500. The summed E-state index contributed by atoms with van der Waals surface area (Å²) in [6.45, 7) is 4.90. The third-order valence-corrected chi connectivity index (χ3v) is 2.83. The van der Waals surface area contributed by atoms with Gasteiger partial charge in [0, 0.05) is 0 Å². The van der Waals surface area contributed by atoms with Crippen LogP contribution in [0.2, 0.25) is 0 Å². The Morgan fingerprint density at radius 3 is 2.20 bits per heavy atom. The minimum Gasteiger partial charge on any atom is -0.330 e. The zero-order valence-corrected chi connectivity index (χ0v) is 9.33. The highest BCUT2D eigenvalue weighted by Gasteiger charge is 2.11. The molecule has 0 radical (unpaired) electrons. The molecule has 0 amide bonds. The van der Waals surface area contributed by atoms with Crippen molar-refractivity contribution in [1.29, 1.82) is 0 Å². The molecule has 0 saturated carbocycles. The van der Waals surface area contributed by atoms with E-state index in [-0.39, 0.29) is 17.7 Å². The van der Waals surface area contributed by atoms with Gasteiger partial charge < -0.3 is 11.5 Å². The van der Waals surface area contributed by atoms with E-state index in [0.29, 0.717) is 18.7 Å². The Labute approximate surface area is 90.5 Å². The lowest BCUT2D eigenvalue weighted by Crippen LogP contribution is -2.12. The Morgan fingerprint density at radius 1 is 1.13 bits per heavy atom. The number of benzene rings is 1. The van der Waals surface area contributed by atoms with Gasteiger partial charge in [0.1, 0.15) is 5.82 Å². The van der Waals surface area contributed by atoms with Gasteiger partial charge in [-0.15, -0.1) is 0 Å². The van der Waals surface area contributed by atoms with Crippen molar-refractivity contribution in [2.24, 2.45) is 11.5 Å². The number of hydrogen-bond acceptors (Lipinski definition) is 2. The Kier molecular flexibility index (Phi) is 4.24. The van der Waals surface area contributed by atoms with Crippen molar-refractivity contribution in [2.75, 3.05) is 13.1 Å². The Balaban J connectivity index is 2.97. The Hall–Kier alpha value is -0.930. The fourth-order valence-corrected chi connectivity index (χ4v) is 1.51. The van der Waals surface area contributed by atoms with Crippen molar-refractivity contribution in [3.8, 4) is 0 Å². The van der Waals surface area contributed by atoms with Crippen LogP contribution in [0.4, 0.5) is 4.39 Å². The van der Waals surface area contributed by atoms with Crippen LogP contribution in [0.25, 0.3) is 0 Å². The minimum absolute atomic E-state index is 0.0623. The summed E-state index contributed by atoms with van der Waals surface area (Å²) in [5, 5.41) is 0. The summed E-state index contributed by atoms with van der Waals surface area (Å²) in [6, 6.07) is 5.31. The molecular weight excluding hydrogens is 191 g/mol. The lowest BCUT2D eigenvalue weighted by molar-refractivity contribution is 0.586. The molecule has 84 valence electrons. The molecule has 0 spiro atoms. The van der Waals surface area contributed by atoms with Crippen molar-refractivity contribution in [2.45, 2.75) is 25.7 Å². The van der Waals surface area contributed by atoms with E-state index in [1.165, 1.54) is 0 Å². The summed E-state index contributed by atoms with van der Waals surface area (Å²) in [6.07, 6.45) is 0. The van der Waals surface area contributed by atoms with Gasteiger partial charge in [0.25, 0.3) is 0 Å². The Morgan fingerprint density at radius 2 is 1.73 bits per heavy atom. The van der Waals surface area contributed by atoms with Crippen LogP contribution < -0.4 is 11.5 Å². The molecule has 0 aromatic heterocycles. The van der Waals surface area contributed by atoms with Gasteiger partial charge in [0.2, 0.25) is 0 Å². The second-order valence-electron chi connectivity index (χ2n) is 4.05. The molecule has 2 nitrogen and oxygen atoms in total. The van der Waals surface area contributed by atoms with Crippen LogP contribution in [0, 0.1) is 5.82 Å². The average Bonchev–Trinajstić information content (AvgIpc) is 2.26. The lowest BCUT2D eigenvalue weighted by Gasteiger charge is -2.14. The first-order valence-corrected chi connectivity index (χ1v) is 5.29. The molecular formula is C12H19FN2. The molecule has 2 unspecified atom stereocenters. The van der Waals surface area contributed by atoms with E-state index in [0.717, 1.165) is 5.56 Å². The van der Waals surface area contributed by atoms with Crippen molar-refractivity contribution < 1.29 is 4.39 Å². The van der Waals surface area contributed by atoms with Crippen LogP contribution in [0.1, 0.15) is 36.8 Å². The van der Waals surface area contributed by atoms with E-state index in [4.69, 9.17) is 11.5 Å². The SMILES string of the molecule is CC(CN)c1ccc(C(C)CN)c(F)c1. The second kappa shape index (κ2) is 5.24. The minimum atomic E-state index is -0.175. The monoisotopic (exact) mass is 210 g/mol. The van der Waals surface area contributed by atoms with Crippen LogP contribution >= 0.6 is 0 Å². The summed E-state index contributed by atoms with van der Waals surface area (Å²) in [5.41, 5.74) is 12.7. The van der Waals surface area contributed by atoms with Crippen molar-refractivity contribution in [3.63, 3.8) is 0 Å². The quantitative estimate of drug-likeness (QED) is 0.798. The predicted molar refractivity (Wildman–Crippen MR) is 61.3 cm³/mol. The average molecular weight is 210 g/mol. The molecule has 0 heterocycles. The smallest absolute Gasteiger partial charge is 0.127 e. The first-order chi connectivity index (χ1) is 7.10. The summed E-state index contributed by atoms with van der Waals surface area (Å²) in [7, 11) is 0. The number of halogens is 1. The molecule has 15 heavy (non-hydrogen) atoms. The second-order valence-corrected chi connectivity index (χ2v) is 4.05. The maximum Gasteiger partial charge on any atom is 0.127 e. The highest BCUT2D eigenvalue weighted by molar-refractivity contribution is 5.29. The molecule has 0 fully saturated rings. The largest absolute Gasteiger partial charge is 0.330 e. The zero-order valence-electron chi connectivity index (χ0n) is 9.33. The van der Waals surface area contributed by atoms with Crippen LogP contribution in [-0.2, 0) is 0 Å². The van der Waals surface area contributed by atoms with Gasteiger partial charge in [-0.25, -0.2) is 4.39 Å². The molecule has 1 aromatic carbocycles. The van der Waals surface area contributed by atoms with Crippen LogP contribution in [0.5, 0.6) is 0 Å². The summed E-state index contributed by atoms with van der Waals surface area (Å²) >= 11 is 0. The number of hydrogen-bond donors (Lipinski definition) is 2. The molecule has 0 aliphatic carbocycles. The van der Waals surface area contributed by atoms with Crippen LogP contribution in [0.3, 0.4) is 0 Å². The van der Waals surface area contributed by atoms with Crippen LogP contribution in [-0.4, -0.2) is 13.1 Å². The molecule has 3 heteroatoms. The van der Waals surface area contributed by atoms with E-state index >= 15 is 0 Å². The molecule has 0 saturated heterocycles. The topological polar surface area (TPSA) is 52.0 Å². The van der Waals surface area contributed by atoms with E-state index < -0.39 is 0 Å². The van der Waals surface area contributed by atoms with Gasteiger partial charge in [-0.3, -0.25) is 0 Å². The summed E-state index contributed by atoms with van der Waals surface area (Å²) < 4.78 is 13.7. The maximum atomic E-state index is 13.7. The van der Waals surface area contributed by atoms with E-state index in [2.05, 4.69) is 0 Å². The van der Waals surface area contributed by atoms with Crippen molar-refractivity contribution in [3.05, 3.63) is 35.1 Å². The van der Waals surface area contributed by atoms with Gasteiger partial charge in [-0.2, -0.15) is 0 Å². The molecule has 1 rings (SSSR count). The van der Waals surface area contributed by atoms with E-state index in [1.807, 2.05) is 26.0 Å². The normalized spacial score (nSPS) is 15.0. The van der Waals surface area contributed by atoms with Gasteiger partial charge in [-0.1, -0.05) is 26.0 Å².